The van der Waals surface area contributed by atoms with Gasteiger partial charge in [-0.3, -0.25) is 28.5 Å². The molecule has 20 heteroatoms. The van der Waals surface area contributed by atoms with Gasteiger partial charge in [0.15, 0.2) is 0 Å². The fraction of sp³-hybridized carbons (Fsp3) is 0.364. The second-order valence-corrected chi connectivity index (χ2v) is 15.6. The zero-order chi connectivity index (χ0) is 44.7. The average molecular weight is 877 g/mol. The number of carbonyl (C=O) groups is 2. The molecule has 334 valence electrons. The van der Waals surface area contributed by atoms with Crippen molar-refractivity contribution < 1.29 is 28.1 Å². The summed E-state index contributed by atoms with van der Waals surface area (Å²) in [7, 11) is 0. The molecule has 2 fully saturated rings. The Balaban J connectivity index is 0.828. The van der Waals surface area contributed by atoms with Gasteiger partial charge in [-0.05, 0) is 64.0 Å². The summed E-state index contributed by atoms with van der Waals surface area (Å²) in [5.74, 6) is -2.15. The van der Waals surface area contributed by atoms with Crippen molar-refractivity contribution in [1.29, 1.82) is 0 Å². The summed E-state index contributed by atoms with van der Waals surface area (Å²) in [4.78, 5) is 106. The SMILES string of the molecule is Cc1cn(OC(=O)C(=O)On2cc(C)c(=O)n(CCCN3CCN(c4ccccc4-c4ncco4)CC3)c2=O)c(=O)n(CCCN2CCN(c3ccccc3-c3ncco3)CC2)c1=O. The molecule has 6 aromatic rings. The van der Waals surface area contributed by atoms with Crippen LogP contribution in [0.25, 0.3) is 22.9 Å². The van der Waals surface area contributed by atoms with Gasteiger partial charge in [0.1, 0.15) is 12.5 Å². The Morgan fingerprint density at radius 2 is 0.953 bits per heavy atom. The highest BCUT2D eigenvalue weighted by molar-refractivity contribution is 6.29. The highest BCUT2D eigenvalue weighted by atomic mass is 16.7. The zero-order valence-corrected chi connectivity index (χ0v) is 35.5. The van der Waals surface area contributed by atoms with Gasteiger partial charge in [0.05, 0.1) is 35.9 Å². The van der Waals surface area contributed by atoms with E-state index in [1.54, 1.807) is 24.9 Å². The molecule has 8 rings (SSSR count). The largest absolute Gasteiger partial charge is 0.444 e. The number of nitrogens with zero attached hydrogens (tertiary/aromatic N) is 10. The Hall–Kier alpha value is -7.32. The van der Waals surface area contributed by atoms with E-state index in [0.29, 0.717) is 47.2 Å². The molecule has 2 aliphatic rings. The van der Waals surface area contributed by atoms with E-state index in [4.69, 9.17) is 18.5 Å². The van der Waals surface area contributed by atoms with Crippen LogP contribution in [0.3, 0.4) is 0 Å². The number of oxazole rings is 2. The van der Waals surface area contributed by atoms with Crippen molar-refractivity contribution in [2.75, 3.05) is 75.2 Å². The lowest BCUT2D eigenvalue weighted by molar-refractivity contribution is -0.169. The molecule has 0 N–H and O–H groups in total. The fourth-order valence-corrected chi connectivity index (χ4v) is 8.09. The molecule has 2 aromatic carbocycles. The monoisotopic (exact) mass is 876 g/mol. The molecule has 2 aliphatic heterocycles. The standard InChI is InChI=1S/C44H48N10O10/c1-31-29-53(43(59)51(39(31)55)17-7-15-47-19-23-49(24-20-47)35-11-5-3-9-33(35)37-45-13-27-61-37)63-41(57)42(58)64-54-30-32(2)40(56)52(44(54)60)18-8-16-48-21-25-50(26-22-48)36-12-6-4-10-34(36)38-46-14-28-62-38/h3-6,9-14,27-30H,7-8,15-26H2,1-2H3. The van der Waals surface area contributed by atoms with Crippen molar-refractivity contribution in [3.63, 3.8) is 0 Å². The predicted octanol–water partition coefficient (Wildman–Crippen LogP) is 1.30. The molecule has 0 saturated carbocycles. The van der Waals surface area contributed by atoms with E-state index in [-0.39, 0.29) is 24.2 Å². The first-order valence-electron chi connectivity index (χ1n) is 21.1. The zero-order valence-electron chi connectivity index (χ0n) is 35.5. The topological polar surface area (TPSA) is 206 Å². The molecule has 0 atom stereocenters. The van der Waals surface area contributed by atoms with Crippen molar-refractivity contribution in [2.24, 2.45) is 0 Å². The Kier molecular flexibility index (Phi) is 13.1. The molecule has 0 bridgehead atoms. The number of rotatable bonds is 14. The first kappa shape index (κ1) is 43.3. The van der Waals surface area contributed by atoms with Crippen molar-refractivity contribution in [2.45, 2.75) is 39.8 Å². The summed E-state index contributed by atoms with van der Waals surface area (Å²) in [6, 6.07) is 15.8. The molecule has 2 saturated heterocycles. The van der Waals surface area contributed by atoms with Crippen LogP contribution in [0.5, 0.6) is 0 Å². The summed E-state index contributed by atoms with van der Waals surface area (Å²) < 4.78 is 14.0. The summed E-state index contributed by atoms with van der Waals surface area (Å²) in [6.45, 7) is 10.1. The van der Waals surface area contributed by atoms with Crippen LogP contribution < -0.4 is 42.0 Å². The molecular formula is C44H48N10O10. The minimum absolute atomic E-state index is 0.0277. The first-order valence-corrected chi connectivity index (χ1v) is 21.1. The summed E-state index contributed by atoms with van der Waals surface area (Å²) in [5.41, 5.74) is 0.981. The Morgan fingerprint density at radius 3 is 1.33 bits per heavy atom. The highest BCUT2D eigenvalue weighted by Crippen LogP contribution is 2.31. The van der Waals surface area contributed by atoms with Gasteiger partial charge in [0, 0.05) is 87.9 Å². The van der Waals surface area contributed by atoms with E-state index in [1.165, 1.54) is 13.8 Å². The van der Waals surface area contributed by atoms with Crippen LogP contribution in [0.15, 0.2) is 114 Å². The molecule has 0 unspecified atom stereocenters. The number of aryl methyl sites for hydroxylation is 2. The van der Waals surface area contributed by atoms with Crippen molar-refractivity contribution in [3.05, 3.63) is 139 Å². The third-order valence-electron chi connectivity index (χ3n) is 11.4. The fourth-order valence-electron chi connectivity index (χ4n) is 8.09. The number of benzene rings is 2. The van der Waals surface area contributed by atoms with E-state index in [1.807, 2.05) is 48.5 Å². The molecule has 64 heavy (non-hydrogen) atoms. The van der Waals surface area contributed by atoms with Crippen LogP contribution >= 0.6 is 0 Å². The molecule has 0 amide bonds. The Bertz CT molecular complexity index is 2640. The van der Waals surface area contributed by atoms with Crippen LogP contribution in [-0.2, 0) is 22.7 Å². The van der Waals surface area contributed by atoms with Gasteiger partial charge in [-0.1, -0.05) is 24.3 Å². The van der Waals surface area contributed by atoms with E-state index in [9.17, 15) is 28.8 Å². The van der Waals surface area contributed by atoms with E-state index in [0.717, 1.165) is 96.4 Å². The number of piperazine rings is 2. The summed E-state index contributed by atoms with van der Waals surface area (Å²) in [6.07, 6.45) is 9.22. The lowest BCUT2D eigenvalue weighted by atomic mass is 10.1. The van der Waals surface area contributed by atoms with Gasteiger partial charge < -0.3 is 28.3 Å². The minimum Gasteiger partial charge on any atom is -0.444 e. The van der Waals surface area contributed by atoms with Gasteiger partial charge in [-0.25, -0.2) is 29.1 Å². The van der Waals surface area contributed by atoms with Crippen LogP contribution in [-0.4, -0.2) is 116 Å². The molecule has 0 aliphatic carbocycles. The summed E-state index contributed by atoms with van der Waals surface area (Å²) >= 11 is 0. The number of aromatic nitrogens is 6. The van der Waals surface area contributed by atoms with Gasteiger partial charge in [0.25, 0.3) is 11.1 Å². The Labute approximate surface area is 365 Å². The van der Waals surface area contributed by atoms with Crippen molar-refractivity contribution >= 4 is 23.3 Å². The number of para-hydroxylation sites is 2. The average Bonchev–Trinajstić information content (AvgIpc) is 4.07. The third-order valence-corrected chi connectivity index (χ3v) is 11.4. The second kappa shape index (κ2) is 19.4. The number of hydrogen-bond acceptors (Lipinski definition) is 16. The lowest BCUT2D eigenvalue weighted by Crippen LogP contribution is -2.49. The maximum Gasteiger partial charge on any atom is 0.444 e. The maximum atomic E-state index is 13.4. The molecular weight excluding hydrogens is 829 g/mol. The molecule has 0 radical (unpaired) electrons. The molecule has 4 aromatic heterocycles. The second-order valence-electron chi connectivity index (χ2n) is 15.6. The molecule has 0 spiro atoms. The van der Waals surface area contributed by atoms with Crippen LogP contribution in [0.1, 0.15) is 24.0 Å². The quantitative estimate of drug-likeness (QED) is 0.141. The molecule has 6 heterocycles. The predicted molar refractivity (Wildman–Crippen MR) is 233 cm³/mol. The van der Waals surface area contributed by atoms with E-state index in [2.05, 4.69) is 29.6 Å². The van der Waals surface area contributed by atoms with Gasteiger partial charge in [0.2, 0.25) is 11.8 Å². The van der Waals surface area contributed by atoms with Gasteiger partial charge >= 0.3 is 23.3 Å². The summed E-state index contributed by atoms with van der Waals surface area (Å²) in [5, 5.41) is 0. The van der Waals surface area contributed by atoms with Crippen molar-refractivity contribution in [3.8, 4) is 22.9 Å². The third kappa shape index (κ3) is 9.52. The van der Waals surface area contributed by atoms with Gasteiger partial charge in [-0.2, -0.15) is 0 Å². The van der Waals surface area contributed by atoms with E-state index < -0.39 is 34.4 Å². The number of carbonyl (C=O) groups excluding carboxylic acids is 2. The molecule has 20 nitrogen and oxygen atoms in total. The van der Waals surface area contributed by atoms with E-state index >= 15 is 0 Å². The number of anilines is 2. The normalized spacial score (nSPS) is 14.8. The highest BCUT2D eigenvalue weighted by Gasteiger charge is 2.26. The number of hydrogen-bond donors (Lipinski definition) is 0. The maximum absolute atomic E-state index is 13.4. The van der Waals surface area contributed by atoms with Crippen LogP contribution in [0, 0.1) is 13.8 Å². The van der Waals surface area contributed by atoms with Gasteiger partial charge in [-0.15, -0.1) is 9.46 Å². The van der Waals surface area contributed by atoms with Crippen LogP contribution in [0.2, 0.25) is 0 Å². The van der Waals surface area contributed by atoms with Crippen LogP contribution in [0.4, 0.5) is 11.4 Å². The first-order chi connectivity index (χ1) is 31.0. The smallest absolute Gasteiger partial charge is 0.444 e. The van der Waals surface area contributed by atoms with Crippen molar-refractivity contribution in [1.82, 2.24) is 38.4 Å². The lowest BCUT2D eigenvalue weighted by Gasteiger charge is -2.36. The Morgan fingerprint density at radius 1 is 0.562 bits per heavy atom. The minimum atomic E-state index is -1.63.